The molecule has 0 spiro atoms. The quantitative estimate of drug-likeness (QED) is 0.814. The molecule has 0 saturated heterocycles. The molecule has 0 unspecified atom stereocenters. The standard InChI is InChI=1S/C13H14BrNO4/c1-9(16)2-7-13(18)19-8-12(17)15-11-5-3-10(14)4-6-11/h3-6H,2,7-8H2,1H3,(H,15,17). The van der Waals surface area contributed by atoms with E-state index in [1.54, 1.807) is 24.3 Å². The molecule has 5 nitrogen and oxygen atoms in total. The molecule has 1 amide bonds. The molecule has 19 heavy (non-hydrogen) atoms. The summed E-state index contributed by atoms with van der Waals surface area (Å²) in [6.07, 6.45) is 0.133. The molecule has 0 aliphatic carbocycles. The highest BCUT2D eigenvalue weighted by Crippen LogP contribution is 2.13. The molecule has 1 rings (SSSR count). The van der Waals surface area contributed by atoms with Crippen molar-refractivity contribution in [1.82, 2.24) is 0 Å². The van der Waals surface area contributed by atoms with Gasteiger partial charge in [-0.15, -0.1) is 0 Å². The smallest absolute Gasteiger partial charge is 0.306 e. The van der Waals surface area contributed by atoms with Crippen LogP contribution in [0.5, 0.6) is 0 Å². The van der Waals surface area contributed by atoms with Crippen LogP contribution < -0.4 is 5.32 Å². The van der Waals surface area contributed by atoms with Gasteiger partial charge in [-0.25, -0.2) is 0 Å². The van der Waals surface area contributed by atoms with Gasteiger partial charge in [-0.1, -0.05) is 15.9 Å². The average molecular weight is 328 g/mol. The Hall–Kier alpha value is -1.69. The highest BCUT2D eigenvalue weighted by atomic mass is 79.9. The highest BCUT2D eigenvalue weighted by Gasteiger charge is 2.08. The molecule has 0 aromatic heterocycles. The van der Waals surface area contributed by atoms with Gasteiger partial charge in [0.2, 0.25) is 0 Å². The Morgan fingerprint density at radius 3 is 2.37 bits per heavy atom. The lowest BCUT2D eigenvalue weighted by Gasteiger charge is -2.06. The van der Waals surface area contributed by atoms with Crippen LogP contribution in [-0.4, -0.2) is 24.3 Å². The van der Waals surface area contributed by atoms with E-state index in [2.05, 4.69) is 21.2 Å². The van der Waals surface area contributed by atoms with Crippen molar-refractivity contribution < 1.29 is 19.1 Å². The minimum atomic E-state index is -0.554. The Kier molecular flexibility index (Phi) is 6.21. The first-order valence-corrected chi connectivity index (χ1v) is 6.47. The number of hydrogen-bond donors (Lipinski definition) is 1. The number of Topliss-reactive ketones (excluding diaryl/α,β-unsaturated/α-hetero) is 1. The molecule has 0 radical (unpaired) electrons. The van der Waals surface area contributed by atoms with Crippen LogP contribution in [0.15, 0.2) is 28.7 Å². The van der Waals surface area contributed by atoms with E-state index in [0.717, 1.165) is 4.47 Å². The summed E-state index contributed by atoms with van der Waals surface area (Å²) < 4.78 is 5.64. The Balaban J connectivity index is 2.29. The van der Waals surface area contributed by atoms with Gasteiger partial charge in [0, 0.05) is 16.6 Å². The van der Waals surface area contributed by atoms with Gasteiger partial charge in [0.15, 0.2) is 6.61 Å². The maximum atomic E-state index is 11.5. The van der Waals surface area contributed by atoms with Gasteiger partial charge < -0.3 is 14.8 Å². The molecule has 0 aliphatic rings. The number of benzene rings is 1. The normalized spacial score (nSPS) is 9.79. The molecule has 0 bridgehead atoms. The monoisotopic (exact) mass is 327 g/mol. The summed E-state index contributed by atoms with van der Waals surface area (Å²) in [4.78, 5) is 33.3. The second kappa shape index (κ2) is 7.68. The number of ketones is 1. The van der Waals surface area contributed by atoms with Crippen molar-refractivity contribution in [3.8, 4) is 0 Å². The third-order valence-electron chi connectivity index (χ3n) is 2.17. The Morgan fingerprint density at radius 1 is 1.16 bits per heavy atom. The number of carbonyl (C=O) groups is 3. The van der Waals surface area contributed by atoms with Crippen LogP contribution in [0.3, 0.4) is 0 Å². The van der Waals surface area contributed by atoms with Crippen LogP contribution in [0.25, 0.3) is 0 Å². The third-order valence-corrected chi connectivity index (χ3v) is 2.70. The van der Waals surface area contributed by atoms with E-state index in [1.807, 2.05) is 0 Å². The number of ether oxygens (including phenoxy) is 1. The van der Waals surface area contributed by atoms with Crippen molar-refractivity contribution >= 4 is 39.3 Å². The van der Waals surface area contributed by atoms with Crippen LogP contribution in [0.1, 0.15) is 19.8 Å². The lowest BCUT2D eigenvalue weighted by atomic mass is 10.2. The summed E-state index contributed by atoms with van der Waals surface area (Å²) in [5.74, 6) is -1.06. The highest BCUT2D eigenvalue weighted by molar-refractivity contribution is 9.10. The molecular formula is C13H14BrNO4. The van der Waals surface area contributed by atoms with E-state index in [-0.39, 0.29) is 25.2 Å². The number of anilines is 1. The zero-order valence-corrected chi connectivity index (χ0v) is 12.0. The summed E-state index contributed by atoms with van der Waals surface area (Å²) in [6.45, 7) is 1.04. The van der Waals surface area contributed by atoms with E-state index in [9.17, 15) is 14.4 Å². The van der Waals surface area contributed by atoms with Gasteiger partial charge in [-0.05, 0) is 31.2 Å². The van der Waals surface area contributed by atoms with Gasteiger partial charge in [0.1, 0.15) is 5.78 Å². The summed E-state index contributed by atoms with van der Waals surface area (Å²) in [7, 11) is 0. The number of halogens is 1. The van der Waals surface area contributed by atoms with Crippen molar-refractivity contribution in [1.29, 1.82) is 0 Å². The fourth-order valence-corrected chi connectivity index (χ4v) is 1.49. The first-order valence-electron chi connectivity index (χ1n) is 5.68. The zero-order valence-electron chi connectivity index (χ0n) is 10.4. The maximum Gasteiger partial charge on any atom is 0.306 e. The van der Waals surface area contributed by atoms with Gasteiger partial charge in [0.25, 0.3) is 5.91 Å². The molecule has 0 heterocycles. The number of esters is 1. The number of carbonyl (C=O) groups excluding carboxylic acids is 3. The molecule has 0 fully saturated rings. The number of rotatable bonds is 6. The number of hydrogen-bond acceptors (Lipinski definition) is 4. The molecule has 1 aromatic rings. The van der Waals surface area contributed by atoms with E-state index >= 15 is 0 Å². The van der Waals surface area contributed by atoms with E-state index in [4.69, 9.17) is 4.74 Å². The predicted molar refractivity (Wildman–Crippen MR) is 73.6 cm³/mol. The molecule has 6 heteroatoms. The van der Waals surface area contributed by atoms with Gasteiger partial charge in [-0.3, -0.25) is 9.59 Å². The van der Waals surface area contributed by atoms with Crippen LogP contribution in [0.4, 0.5) is 5.69 Å². The molecular weight excluding hydrogens is 314 g/mol. The second-order valence-corrected chi connectivity index (χ2v) is 4.83. The Bertz CT molecular complexity index is 470. The molecule has 1 N–H and O–H groups in total. The molecule has 102 valence electrons. The predicted octanol–water partition coefficient (Wildman–Crippen LogP) is 2.30. The van der Waals surface area contributed by atoms with E-state index in [0.29, 0.717) is 5.69 Å². The lowest BCUT2D eigenvalue weighted by molar-refractivity contribution is -0.148. The molecule has 0 saturated carbocycles. The number of amides is 1. The van der Waals surface area contributed by atoms with Gasteiger partial charge in [-0.2, -0.15) is 0 Å². The van der Waals surface area contributed by atoms with Crippen molar-refractivity contribution in [3.05, 3.63) is 28.7 Å². The van der Waals surface area contributed by atoms with Crippen LogP contribution in [-0.2, 0) is 19.1 Å². The fourth-order valence-electron chi connectivity index (χ4n) is 1.23. The fraction of sp³-hybridized carbons (Fsp3) is 0.308. The number of nitrogens with one attached hydrogen (secondary N) is 1. The third kappa shape index (κ3) is 6.71. The Labute approximate surface area is 119 Å². The SMILES string of the molecule is CC(=O)CCC(=O)OCC(=O)Nc1ccc(Br)cc1. The first-order chi connectivity index (χ1) is 8.97. The van der Waals surface area contributed by atoms with Crippen molar-refractivity contribution in [2.45, 2.75) is 19.8 Å². The van der Waals surface area contributed by atoms with Crippen LogP contribution >= 0.6 is 15.9 Å². The Morgan fingerprint density at radius 2 is 1.79 bits per heavy atom. The largest absolute Gasteiger partial charge is 0.456 e. The lowest BCUT2D eigenvalue weighted by Crippen LogP contribution is -2.21. The topological polar surface area (TPSA) is 72.5 Å². The molecule has 1 aromatic carbocycles. The van der Waals surface area contributed by atoms with Crippen LogP contribution in [0, 0.1) is 0 Å². The van der Waals surface area contributed by atoms with Crippen molar-refractivity contribution in [3.63, 3.8) is 0 Å². The van der Waals surface area contributed by atoms with Gasteiger partial charge >= 0.3 is 5.97 Å². The van der Waals surface area contributed by atoms with Crippen LogP contribution in [0.2, 0.25) is 0 Å². The summed E-state index contributed by atoms with van der Waals surface area (Å²) in [5.41, 5.74) is 0.619. The molecule has 0 atom stereocenters. The van der Waals surface area contributed by atoms with E-state index < -0.39 is 11.9 Å². The summed E-state index contributed by atoms with van der Waals surface area (Å²) in [6, 6.07) is 7.02. The van der Waals surface area contributed by atoms with Crippen molar-refractivity contribution in [2.75, 3.05) is 11.9 Å². The minimum absolute atomic E-state index is 0.000890. The second-order valence-electron chi connectivity index (χ2n) is 3.92. The average Bonchev–Trinajstić information content (AvgIpc) is 2.36. The minimum Gasteiger partial charge on any atom is -0.456 e. The van der Waals surface area contributed by atoms with Gasteiger partial charge in [0.05, 0.1) is 6.42 Å². The zero-order chi connectivity index (χ0) is 14.3. The van der Waals surface area contributed by atoms with E-state index in [1.165, 1.54) is 6.92 Å². The molecule has 0 aliphatic heterocycles. The maximum absolute atomic E-state index is 11.5. The summed E-state index contributed by atoms with van der Waals surface area (Å²) in [5, 5.41) is 2.59. The first kappa shape index (κ1) is 15.4. The summed E-state index contributed by atoms with van der Waals surface area (Å²) >= 11 is 3.28. The van der Waals surface area contributed by atoms with Crippen molar-refractivity contribution in [2.24, 2.45) is 0 Å².